The Balaban J connectivity index is 1.58. The van der Waals surface area contributed by atoms with Gasteiger partial charge in [0.05, 0.1) is 16.0 Å². The molecule has 6 nitrogen and oxygen atoms in total. The maximum Gasteiger partial charge on any atom is 0.252 e. The average molecular weight is 448 g/mol. The molecule has 4 rings (SSSR count). The van der Waals surface area contributed by atoms with Crippen LogP contribution in [0.25, 0.3) is 21.3 Å². The van der Waals surface area contributed by atoms with Crippen molar-refractivity contribution in [1.29, 1.82) is 0 Å². The molecule has 0 spiro atoms. The molecule has 10 heteroatoms. The zero-order chi connectivity index (χ0) is 20.6. The summed E-state index contributed by atoms with van der Waals surface area (Å²) >= 11 is 2.33. The fourth-order valence-electron chi connectivity index (χ4n) is 2.65. The first-order chi connectivity index (χ1) is 13.8. The highest BCUT2D eigenvalue weighted by atomic mass is 32.2. The molecule has 2 aromatic heterocycles. The Labute approximate surface area is 174 Å². The number of nitrogens with zero attached hydrogens (tertiary/aromatic N) is 3. The lowest BCUT2D eigenvalue weighted by Gasteiger charge is -2.01. The second-order valence-corrected chi connectivity index (χ2v) is 10.8. The van der Waals surface area contributed by atoms with Crippen molar-refractivity contribution in [1.82, 2.24) is 15.2 Å². The number of thiazole rings is 1. The number of rotatable bonds is 6. The number of aryl methyl sites for hydroxylation is 1. The van der Waals surface area contributed by atoms with Crippen LogP contribution in [-0.4, -0.2) is 41.4 Å². The van der Waals surface area contributed by atoms with E-state index in [1.54, 1.807) is 12.1 Å². The van der Waals surface area contributed by atoms with Crippen molar-refractivity contribution < 1.29 is 17.6 Å². The highest BCUT2D eigenvalue weighted by Crippen LogP contribution is 2.30. The number of carbonyl (C=O) groups excluding carboxylic acids is 1. The minimum Gasteiger partial charge on any atom is -0.283 e. The average Bonchev–Trinajstić information content (AvgIpc) is 3.32. The summed E-state index contributed by atoms with van der Waals surface area (Å²) in [5.74, 6) is -0.672. The van der Waals surface area contributed by atoms with Crippen molar-refractivity contribution in [3.8, 4) is 11.1 Å². The quantitative estimate of drug-likeness (QED) is 0.418. The van der Waals surface area contributed by atoms with E-state index in [-0.39, 0.29) is 28.8 Å². The van der Waals surface area contributed by atoms with Gasteiger partial charge < -0.3 is 0 Å². The molecule has 0 atom stereocenters. The van der Waals surface area contributed by atoms with Gasteiger partial charge in [0, 0.05) is 12.7 Å². The predicted molar refractivity (Wildman–Crippen MR) is 112 cm³/mol. The largest absolute Gasteiger partial charge is 0.283 e. The Morgan fingerprint density at radius 2 is 1.72 bits per heavy atom. The predicted octanol–water partition coefficient (Wildman–Crippen LogP) is 3.77. The highest BCUT2D eigenvalue weighted by Gasteiger charge is 2.20. The monoisotopic (exact) mass is 447 g/mol. The van der Waals surface area contributed by atoms with Gasteiger partial charge in [-0.15, -0.1) is 21.5 Å². The number of sulfone groups is 1. The summed E-state index contributed by atoms with van der Waals surface area (Å²) in [6.45, 7) is 0. The minimum absolute atomic E-state index is 0.0386. The molecule has 0 saturated heterocycles. The molecule has 4 aromatic rings. The summed E-state index contributed by atoms with van der Waals surface area (Å²) < 4.78 is 36.5. The van der Waals surface area contributed by atoms with E-state index in [1.165, 1.54) is 23.5 Å². The van der Waals surface area contributed by atoms with Crippen molar-refractivity contribution >= 4 is 48.5 Å². The Hall–Kier alpha value is -2.56. The number of hydrogen-bond acceptors (Lipinski definition) is 8. The lowest BCUT2D eigenvalue weighted by molar-refractivity contribution is 0.103. The first-order valence-corrected chi connectivity index (χ1v) is 12.2. The Morgan fingerprint density at radius 3 is 2.45 bits per heavy atom. The van der Waals surface area contributed by atoms with Crippen LogP contribution in [0.4, 0.5) is 4.39 Å². The molecule has 2 aromatic carbocycles. The summed E-state index contributed by atoms with van der Waals surface area (Å²) in [4.78, 5) is 17.1. The van der Waals surface area contributed by atoms with Gasteiger partial charge >= 0.3 is 0 Å². The highest BCUT2D eigenvalue weighted by molar-refractivity contribution is 7.90. The van der Waals surface area contributed by atoms with Gasteiger partial charge in [0.2, 0.25) is 0 Å². The van der Waals surface area contributed by atoms with Crippen LogP contribution in [0, 0.1) is 5.82 Å². The van der Waals surface area contributed by atoms with E-state index in [9.17, 15) is 17.6 Å². The van der Waals surface area contributed by atoms with Crippen molar-refractivity contribution in [2.45, 2.75) is 6.42 Å². The molecular weight excluding hydrogens is 433 g/mol. The van der Waals surface area contributed by atoms with E-state index in [0.29, 0.717) is 15.5 Å². The fourth-order valence-corrected chi connectivity index (χ4v) is 5.14. The first-order valence-electron chi connectivity index (χ1n) is 8.50. The number of halogens is 1. The molecule has 0 fully saturated rings. The maximum atomic E-state index is 13.1. The summed E-state index contributed by atoms with van der Waals surface area (Å²) in [5.41, 5.74) is 2.46. The van der Waals surface area contributed by atoms with E-state index in [4.69, 9.17) is 0 Å². The second-order valence-electron chi connectivity index (χ2n) is 6.42. The van der Waals surface area contributed by atoms with Crippen molar-refractivity contribution in [2.75, 3.05) is 12.0 Å². The van der Waals surface area contributed by atoms with E-state index in [1.807, 2.05) is 18.2 Å². The van der Waals surface area contributed by atoms with Crippen LogP contribution in [-0.2, 0) is 16.3 Å². The molecule has 0 aliphatic heterocycles. The summed E-state index contributed by atoms with van der Waals surface area (Å²) in [7, 11) is -3.11. The van der Waals surface area contributed by atoms with Gasteiger partial charge in [0.25, 0.3) is 5.78 Å². The molecule has 29 heavy (non-hydrogen) atoms. The first kappa shape index (κ1) is 19.7. The van der Waals surface area contributed by atoms with E-state index in [0.717, 1.165) is 33.4 Å². The van der Waals surface area contributed by atoms with Crippen LogP contribution < -0.4 is 0 Å². The van der Waals surface area contributed by atoms with E-state index < -0.39 is 9.84 Å². The molecule has 0 radical (unpaired) electrons. The van der Waals surface area contributed by atoms with Crippen molar-refractivity contribution in [3.05, 3.63) is 63.3 Å². The SMILES string of the molecule is CS(=O)(=O)CCc1nnc(C(=O)c2nc3ccc(-c4ccc(F)cc4)cc3s2)s1. The summed E-state index contributed by atoms with van der Waals surface area (Å²) in [6, 6.07) is 11.8. The van der Waals surface area contributed by atoms with Crippen molar-refractivity contribution in [2.24, 2.45) is 0 Å². The van der Waals surface area contributed by atoms with Gasteiger partial charge in [0.1, 0.15) is 20.7 Å². The number of ketones is 1. The van der Waals surface area contributed by atoms with Gasteiger partial charge in [-0.1, -0.05) is 29.5 Å². The molecular formula is C19H14FN3O3S3. The van der Waals surface area contributed by atoms with Crippen LogP contribution >= 0.6 is 22.7 Å². The van der Waals surface area contributed by atoms with Gasteiger partial charge in [-0.3, -0.25) is 4.79 Å². The number of aromatic nitrogens is 3. The van der Waals surface area contributed by atoms with Crippen LogP contribution in [0.3, 0.4) is 0 Å². The Morgan fingerprint density at radius 1 is 1.00 bits per heavy atom. The third-order valence-electron chi connectivity index (χ3n) is 4.11. The van der Waals surface area contributed by atoms with E-state index >= 15 is 0 Å². The zero-order valence-corrected chi connectivity index (χ0v) is 17.6. The standard InChI is InChI=1S/C19H14FN3O3S3/c1-29(25,26)9-8-16-22-23-19(28-16)17(24)18-21-14-7-4-12(10-15(14)27-18)11-2-5-13(20)6-3-11/h2-7,10H,8-9H2,1H3. The molecule has 0 unspecified atom stereocenters. The van der Waals surface area contributed by atoms with Gasteiger partial charge in [-0.05, 0) is 35.4 Å². The topological polar surface area (TPSA) is 89.9 Å². The third kappa shape index (κ3) is 4.55. The third-order valence-corrected chi connectivity index (χ3v) is 7.05. The summed E-state index contributed by atoms with van der Waals surface area (Å²) in [5, 5.41) is 8.78. The smallest absolute Gasteiger partial charge is 0.252 e. The second kappa shape index (κ2) is 7.69. The lowest BCUT2D eigenvalue weighted by Crippen LogP contribution is -2.05. The summed E-state index contributed by atoms with van der Waals surface area (Å²) in [6.07, 6.45) is 1.38. The molecule has 0 bridgehead atoms. The molecule has 2 heterocycles. The van der Waals surface area contributed by atoms with E-state index in [2.05, 4.69) is 15.2 Å². The number of fused-ring (bicyclic) bond motifs is 1. The Bertz CT molecular complexity index is 1310. The number of benzene rings is 2. The van der Waals surface area contributed by atoms with Gasteiger partial charge in [0.15, 0.2) is 10.0 Å². The van der Waals surface area contributed by atoms with Gasteiger partial charge in [-0.2, -0.15) is 0 Å². The lowest BCUT2D eigenvalue weighted by atomic mass is 10.1. The van der Waals surface area contributed by atoms with Gasteiger partial charge in [-0.25, -0.2) is 17.8 Å². The van der Waals surface area contributed by atoms with Crippen molar-refractivity contribution in [3.63, 3.8) is 0 Å². The molecule has 148 valence electrons. The number of carbonyl (C=O) groups is 1. The molecule has 0 aliphatic rings. The number of hydrogen-bond donors (Lipinski definition) is 0. The fraction of sp³-hybridized carbons (Fsp3) is 0.158. The molecule has 0 amide bonds. The van der Waals surface area contributed by atoms with Crippen LogP contribution in [0.15, 0.2) is 42.5 Å². The minimum atomic E-state index is -3.11. The molecule has 0 N–H and O–H groups in total. The van der Waals surface area contributed by atoms with Crippen LogP contribution in [0.1, 0.15) is 19.8 Å². The molecule has 0 aliphatic carbocycles. The van der Waals surface area contributed by atoms with Crippen LogP contribution in [0.5, 0.6) is 0 Å². The maximum absolute atomic E-state index is 13.1. The molecule has 0 saturated carbocycles. The Kier molecular flexibility index (Phi) is 5.24. The van der Waals surface area contributed by atoms with Crippen LogP contribution in [0.2, 0.25) is 0 Å². The normalized spacial score (nSPS) is 11.8. The zero-order valence-electron chi connectivity index (χ0n) is 15.1.